The normalized spacial score (nSPS) is 16.5. The van der Waals surface area contributed by atoms with Crippen molar-refractivity contribution in [2.45, 2.75) is 188 Å². The van der Waals surface area contributed by atoms with Gasteiger partial charge in [0.2, 0.25) is 0 Å². The van der Waals surface area contributed by atoms with Gasteiger partial charge in [-0.25, -0.2) is 34.3 Å². The molecule has 0 bridgehead atoms. The number of amides is 3. The zero-order valence-corrected chi connectivity index (χ0v) is 85.5. The van der Waals surface area contributed by atoms with E-state index in [0.29, 0.717) is 48.3 Å². The molecule has 3 aromatic carbocycles. The number of pyridine rings is 4. The quantitative estimate of drug-likeness (QED) is 0.00840. The number of benzene rings is 3. The van der Waals surface area contributed by atoms with Gasteiger partial charge in [0, 0.05) is 173 Å². The van der Waals surface area contributed by atoms with E-state index in [4.69, 9.17) is 65.7 Å². The molecule has 0 radical (unpaired) electrons. The minimum absolute atomic E-state index is 0.196. The Kier molecular flexibility index (Phi) is 46.7. The van der Waals surface area contributed by atoms with Crippen LogP contribution in [0.4, 0.5) is 60.1 Å². The van der Waals surface area contributed by atoms with Crippen LogP contribution in [-0.4, -0.2) is 263 Å². The van der Waals surface area contributed by atoms with Gasteiger partial charge in [-0.05, 0) is 359 Å². The van der Waals surface area contributed by atoms with E-state index < -0.39 is 16.8 Å². The Morgan fingerprint density at radius 2 is 0.731 bits per heavy atom. The number of hydrogen-bond donors (Lipinski definition) is 8. The van der Waals surface area contributed by atoms with Gasteiger partial charge >= 0.3 is 18.3 Å². The van der Waals surface area contributed by atoms with Crippen molar-refractivity contribution in [3.63, 3.8) is 0 Å². The van der Waals surface area contributed by atoms with Crippen LogP contribution in [0.5, 0.6) is 34.5 Å². The molecule has 7 aliphatic heterocycles. The Morgan fingerprint density at radius 1 is 0.403 bits per heavy atom. The van der Waals surface area contributed by atoms with Crippen molar-refractivity contribution < 1.29 is 57.0 Å². The van der Waals surface area contributed by atoms with E-state index in [1.54, 1.807) is 57.0 Å². The molecule has 0 aliphatic carbocycles. The molecule has 7 fully saturated rings. The number of nitrogen functional groups attached to an aromatic ring is 1. The Bertz CT molecular complexity index is 4550. The molecule has 0 atom stereocenters. The van der Waals surface area contributed by atoms with E-state index in [2.05, 4.69) is 104 Å². The summed E-state index contributed by atoms with van der Waals surface area (Å²) in [6, 6.07) is 32.7. The van der Waals surface area contributed by atoms with E-state index >= 15 is 0 Å². The van der Waals surface area contributed by atoms with E-state index in [9.17, 15) is 14.4 Å². The van der Waals surface area contributed by atoms with Gasteiger partial charge in [-0.2, -0.15) is 0 Å². The second-order valence-electron chi connectivity index (χ2n) is 38.0. The van der Waals surface area contributed by atoms with Crippen LogP contribution in [0.1, 0.15) is 171 Å². The van der Waals surface area contributed by atoms with Crippen LogP contribution in [0, 0.1) is 23.7 Å². The lowest BCUT2D eigenvalue weighted by Crippen LogP contribution is -2.42. The number of ether oxygens (including phenoxy) is 9. The first-order valence-electron chi connectivity index (χ1n) is 48.2. The van der Waals surface area contributed by atoms with E-state index in [1.165, 1.54) is 90.6 Å². The monoisotopic (exact) mass is 2000 g/mol. The van der Waals surface area contributed by atoms with Crippen molar-refractivity contribution in [2.75, 3.05) is 211 Å². The number of nitrogens with two attached hydrogens (primary N) is 2. The van der Waals surface area contributed by atoms with Crippen molar-refractivity contribution in [3.05, 3.63) is 142 Å². The Morgan fingerprint density at radius 3 is 1.07 bits per heavy atom. The van der Waals surface area contributed by atoms with Crippen molar-refractivity contribution >= 4 is 108 Å². The molecule has 14 rings (SSSR count). The average molecular weight is 2010 g/mol. The topological polar surface area (TPSA) is 329 Å². The lowest BCUT2D eigenvalue weighted by atomic mass is 9.97. The molecule has 7 saturated heterocycles. The molecule has 3 amide bonds. The maximum atomic E-state index is 12.3. The first kappa shape index (κ1) is 108. The number of likely N-dealkylation sites (tertiary alicyclic amines) is 6. The SMILES string of the molecule is CC(C)(C)OC(=O)N1CCC(CN)CC1.CC(C)(C)OC(=O)N1CCC(CNc2ccnc(Br)c2)CC1.COc1ccc(N)cc1OCCCN1CCCC1.COc1ccc(Nc2cc(NCC3CCN(C(=O)OC(C)(C)C)CC3)ccn2)cc1OCCCN1CCCC1.COc1ccc(Nc2cc(NCC3CCNCC3)ccn2)cc1OCCCN1CCCC1.Clc1ccnc(Br)c1. The predicted octanol–water partition coefficient (Wildman–Crippen LogP) is 20.0. The largest absolute Gasteiger partial charge is 0.493 e. The van der Waals surface area contributed by atoms with E-state index in [-0.39, 0.29) is 18.3 Å². The Hall–Kier alpha value is -9.28. The van der Waals surface area contributed by atoms with Gasteiger partial charge < -0.3 is 115 Å². The second kappa shape index (κ2) is 57.7. The summed E-state index contributed by atoms with van der Waals surface area (Å²) < 4.78 is 52.0. The number of anilines is 8. The third-order valence-corrected chi connectivity index (χ3v) is 24.7. The minimum Gasteiger partial charge on any atom is -0.493 e. The van der Waals surface area contributed by atoms with Crippen LogP contribution in [0.3, 0.4) is 0 Å². The van der Waals surface area contributed by atoms with Crippen molar-refractivity contribution in [1.82, 2.24) is 54.7 Å². The molecular formula is C101H153Br2ClN18O12. The van der Waals surface area contributed by atoms with Crippen LogP contribution < -0.4 is 71.8 Å². The molecule has 7 aliphatic rings. The zero-order chi connectivity index (χ0) is 96.1. The summed E-state index contributed by atoms with van der Waals surface area (Å²) >= 11 is 12.1. The Balaban J connectivity index is 0.000000191. The van der Waals surface area contributed by atoms with E-state index in [0.717, 1.165) is 246 Å². The molecule has 740 valence electrons. The summed E-state index contributed by atoms with van der Waals surface area (Å²) in [5.41, 5.74) is 15.7. The average Bonchev–Trinajstić information content (AvgIpc) is 1.94. The van der Waals surface area contributed by atoms with Crippen molar-refractivity contribution in [1.29, 1.82) is 0 Å². The molecule has 0 saturated carbocycles. The summed E-state index contributed by atoms with van der Waals surface area (Å²) in [4.78, 5) is 65.9. The van der Waals surface area contributed by atoms with Gasteiger partial charge in [-0.1, -0.05) is 11.6 Å². The minimum atomic E-state index is -0.462. The number of hydrogen-bond acceptors (Lipinski definition) is 27. The number of piperidine rings is 4. The molecule has 4 aromatic heterocycles. The van der Waals surface area contributed by atoms with Gasteiger partial charge in [0.1, 0.15) is 37.6 Å². The fourth-order valence-electron chi connectivity index (χ4n) is 16.2. The molecule has 30 nitrogen and oxygen atoms in total. The van der Waals surface area contributed by atoms with Crippen LogP contribution in [0.25, 0.3) is 0 Å². The standard InChI is InChI=1S/C30H45N5O4.C25H37N5O2.C16H24BrN3O2.C14H22N2O2.C11H22N2O2.C5H3BrClN/c1-30(2,3)39-29(36)35-17-11-23(12-18-35)22-32-24-10-13-31-28(21-24)33-25-8-9-26(37-4)27(20-25)38-19-7-16-34-14-5-6-15-34;1-31-23-6-5-22(17-24(23)32-16-4-15-30-13-2-3-14-30)29-25-18-21(9-12-27-25)28-19-20-7-10-26-11-8-20;1-16(2,3)22-15(21)20-8-5-12(6-9-20)11-19-13-4-7-18-14(17)10-13;1-17-13-6-5-12(15)11-14(13)18-10-4-9-16-7-2-3-8-16;1-11(2,3)15-10(14)13-6-4-9(8-12)5-7-13;6-5-3-4(7)1-2-8-5/h8-10,13,20-21,23H,5-7,11-12,14-19,22H2,1-4H3,(H2,31,32,33);5-6,9,12,17-18,20,26H,2-4,7-8,10-11,13-16,19H2,1H3,(H2,27,28,29);4,7,10,12H,5-6,8-9,11H2,1-3H3,(H,18,19);5-6,11H,2-4,7-10,15H2,1H3;9H,4-8,12H2,1-3H3;1-3H. The van der Waals surface area contributed by atoms with E-state index in [1.807, 2.05) is 163 Å². The van der Waals surface area contributed by atoms with Gasteiger partial charge in [0.05, 0.1) is 41.2 Å². The highest BCUT2D eigenvalue weighted by Crippen LogP contribution is 2.36. The lowest BCUT2D eigenvalue weighted by molar-refractivity contribution is 0.0177. The summed E-state index contributed by atoms with van der Waals surface area (Å²) in [5.74, 6) is 8.39. The van der Waals surface area contributed by atoms with Crippen LogP contribution in [0.15, 0.2) is 137 Å². The van der Waals surface area contributed by atoms with Gasteiger partial charge in [0.15, 0.2) is 34.5 Å². The molecule has 11 heterocycles. The summed E-state index contributed by atoms with van der Waals surface area (Å²) in [7, 11) is 4.98. The third-order valence-electron chi connectivity index (χ3n) is 23.6. The molecule has 33 heteroatoms. The highest BCUT2D eigenvalue weighted by molar-refractivity contribution is 9.10. The molecule has 0 spiro atoms. The number of carbonyl (C=O) groups is 3. The third kappa shape index (κ3) is 42.1. The van der Waals surface area contributed by atoms with Crippen LogP contribution in [0.2, 0.25) is 5.02 Å². The molecule has 0 unspecified atom stereocenters. The van der Waals surface area contributed by atoms with Gasteiger partial charge in [-0.15, -0.1) is 0 Å². The number of nitrogens with one attached hydrogen (secondary N) is 6. The van der Waals surface area contributed by atoms with Gasteiger partial charge in [0.25, 0.3) is 0 Å². The molecule has 134 heavy (non-hydrogen) atoms. The Labute approximate surface area is 819 Å². The fraction of sp³-hybridized carbons (Fsp3) is 0.594. The number of methoxy groups -OCH3 is 3. The van der Waals surface area contributed by atoms with Crippen molar-refractivity contribution in [2.24, 2.45) is 29.4 Å². The first-order chi connectivity index (χ1) is 64.4. The molecule has 10 N–H and O–H groups in total. The fourth-order valence-corrected chi connectivity index (χ4v) is 17.2. The smallest absolute Gasteiger partial charge is 0.410 e. The van der Waals surface area contributed by atoms with Crippen LogP contribution >= 0.6 is 43.5 Å². The lowest BCUT2D eigenvalue weighted by Gasteiger charge is -2.33. The highest BCUT2D eigenvalue weighted by atomic mass is 79.9. The summed E-state index contributed by atoms with van der Waals surface area (Å²) in [6.07, 6.45) is 25.8. The first-order valence-corrected chi connectivity index (χ1v) is 50.2. The number of rotatable bonds is 32. The maximum absolute atomic E-state index is 12.3. The van der Waals surface area contributed by atoms with Crippen LogP contribution in [-0.2, 0) is 14.2 Å². The molecular weight excluding hydrogens is 1850 g/mol. The number of aromatic nitrogens is 4. The molecule has 7 aromatic rings. The maximum Gasteiger partial charge on any atom is 0.410 e. The predicted molar refractivity (Wildman–Crippen MR) is 546 cm³/mol. The van der Waals surface area contributed by atoms with Gasteiger partial charge in [-0.3, -0.25) is 0 Å². The summed E-state index contributed by atoms with van der Waals surface area (Å²) in [5, 5.41) is 21.5. The number of carbonyl (C=O) groups excluding carboxylic acids is 3. The highest BCUT2D eigenvalue weighted by Gasteiger charge is 2.31. The number of halogens is 3. The second-order valence-corrected chi connectivity index (χ2v) is 40.0. The summed E-state index contributed by atoms with van der Waals surface area (Å²) in [6.45, 7) is 40.0. The zero-order valence-electron chi connectivity index (χ0n) is 81.6. The van der Waals surface area contributed by atoms with Crippen molar-refractivity contribution in [3.8, 4) is 34.5 Å². The number of nitrogens with zero attached hydrogens (tertiary/aromatic N) is 10.